The van der Waals surface area contributed by atoms with Gasteiger partial charge in [-0.1, -0.05) is 37.6 Å². The van der Waals surface area contributed by atoms with E-state index in [1.54, 1.807) is 0 Å². The maximum atomic E-state index is 11.5. The standard InChI is InChI=1S/C17H27NO2/c1-12(2)11-18-16(10-17(19)20-5)9-15-7-6-13(3)8-14(15)4/h6-8,12,16,18H,9-11H2,1-5H3. The van der Waals surface area contributed by atoms with E-state index >= 15 is 0 Å². The van der Waals surface area contributed by atoms with Crippen molar-refractivity contribution in [1.82, 2.24) is 5.32 Å². The lowest BCUT2D eigenvalue weighted by Gasteiger charge is -2.20. The number of esters is 1. The average Bonchev–Trinajstić information content (AvgIpc) is 2.38. The minimum atomic E-state index is -0.156. The van der Waals surface area contributed by atoms with E-state index in [2.05, 4.69) is 51.2 Å². The monoisotopic (exact) mass is 277 g/mol. The fraction of sp³-hybridized carbons (Fsp3) is 0.588. The molecule has 0 aliphatic rings. The smallest absolute Gasteiger partial charge is 0.307 e. The Morgan fingerprint density at radius 2 is 2.00 bits per heavy atom. The molecule has 0 aliphatic carbocycles. The summed E-state index contributed by atoms with van der Waals surface area (Å²) >= 11 is 0. The lowest BCUT2D eigenvalue weighted by atomic mass is 9.97. The van der Waals surface area contributed by atoms with Crippen LogP contribution >= 0.6 is 0 Å². The number of ether oxygens (including phenoxy) is 1. The molecule has 20 heavy (non-hydrogen) atoms. The van der Waals surface area contributed by atoms with Crippen molar-refractivity contribution in [3.05, 3.63) is 34.9 Å². The number of nitrogens with one attached hydrogen (secondary N) is 1. The molecule has 1 unspecified atom stereocenters. The van der Waals surface area contributed by atoms with Gasteiger partial charge in [0.1, 0.15) is 0 Å². The van der Waals surface area contributed by atoms with Crippen LogP contribution in [0.15, 0.2) is 18.2 Å². The molecule has 1 atom stereocenters. The Kier molecular flexibility index (Phi) is 6.73. The number of carbonyl (C=O) groups is 1. The largest absolute Gasteiger partial charge is 0.469 e. The summed E-state index contributed by atoms with van der Waals surface area (Å²) in [5.74, 6) is 0.408. The van der Waals surface area contributed by atoms with Crippen LogP contribution in [0.3, 0.4) is 0 Å². The molecule has 112 valence electrons. The Labute approximate surface area is 122 Å². The molecule has 0 saturated heterocycles. The number of methoxy groups -OCH3 is 1. The van der Waals surface area contributed by atoms with Crippen LogP contribution in [0.1, 0.15) is 37.0 Å². The molecule has 0 fully saturated rings. The quantitative estimate of drug-likeness (QED) is 0.779. The highest BCUT2D eigenvalue weighted by Gasteiger charge is 2.16. The maximum absolute atomic E-state index is 11.5. The topological polar surface area (TPSA) is 38.3 Å². The lowest BCUT2D eigenvalue weighted by Crippen LogP contribution is -2.36. The van der Waals surface area contributed by atoms with Crippen molar-refractivity contribution in [3.8, 4) is 0 Å². The zero-order valence-corrected chi connectivity index (χ0v) is 13.3. The third kappa shape index (κ3) is 5.74. The van der Waals surface area contributed by atoms with E-state index < -0.39 is 0 Å². The van der Waals surface area contributed by atoms with Crippen LogP contribution in [0.2, 0.25) is 0 Å². The molecule has 0 heterocycles. The fourth-order valence-electron chi connectivity index (χ4n) is 2.24. The predicted molar refractivity (Wildman–Crippen MR) is 82.9 cm³/mol. The Morgan fingerprint density at radius 3 is 2.55 bits per heavy atom. The van der Waals surface area contributed by atoms with Gasteiger partial charge in [-0.15, -0.1) is 0 Å². The van der Waals surface area contributed by atoms with Crippen LogP contribution in [0, 0.1) is 19.8 Å². The first kappa shape index (κ1) is 16.7. The summed E-state index contributed by atoms with van der Waals surface area (Å²) in [6.07, 6.45) is 1.27. The minimum Gasteiger partial charge on any atom is -0.469 e. The van der Waals surface area contributed by atoms with Crippen molar-refractivity contribution in [1.29, 1.82) is 0 Å². The van der Waals surface area contributed by atoms with E-state index in [-0.39, 0.29) is 12.0 Å². The van der Waals surface area contributed by atoms with Crippen LogP contribution in [0.25, 0.3) is 0 Å². The van der Waals surface area contributed by atoms with Crippen molar-refractivity contribution in [3.63, 3.8) is 0 Å². The van der Waals surface area contributed by atoms with Gasteiger partial charge >= 0.3 is 5.97 Å². The lowest BCUT2D eigenvalue weighted by molar-refractivity contribution is -0.141. The van der Waals surface area contributed by atoms with Gasteiger partial charge in [0.25, 0.3) is 0 Å². The summed E-state index contributed by atoms with van der Waals surface area (Å²) < 4.78 is 4.80. The van der Waals surface area contributed by atoms with Crippen molar-refractivity contribution in [2.45, 2.75) is 46.6 Å². The molecule has 0 radical (unpaired) electrons. The zero-order chi connectivity index (χ0) is 15.1. The van der Waals surface area contributed by atoms with Gasteiger partial charge in [-0.05, 0) is 43.9 Å². The molecule has 0 aliphatic heterocycles. The first-order valence-electron chi connectivity index (χ1n) is 7.28. The summed E-state index contributed by atoms with van der Waals surface area (Å²) in [5, 5.41) is 3.47. The van der Waals surface area contributed by atoms with Crippen molar-refractivity contribution < 1.29 is 9.53 Å². The Balaban J connectivity index is 2.73. The van der Waals surface area contributed by atoms with Gasteiger partial charge in [0.05, 0.1) is 13.5 Å². The first-order valence-corrected chi connectivity index (χ1v) is 7.28. The molecule has 0 amide bonds. The number of hydrogen-bond donors (Lipinski definition) is 1. The SMILES string of the molecule is COC(=O)CC(Cc1ccc(C)cc1C)NCC(C)C. The summed E-state index contributed by atoms with van der Waals surface area (Å²) in [5.41, 5.74) is 3.85. The van der Waals surface area contributed by atoms with Crippen molar-refractivity contribution >= 4 is 5.97 Å². The molecule has 1 rings (SSSR count). The normalized spacial score (nSPS) is 12.5. The Bertz CT molecular complexity index is 441. The number of carbonyl (C=O) groups excluding carboxylic acids is 1. The number of aryl methyl sites for hydroxylation is 2. The summed E-state index contributed by atoms with van der Waals surface area (Å²) in [6, 6.07) is 6.60. The Morgan fingerprint density at radius 1 is 1.30 bits per heavy atom. The third-order valence-electron chi connectivity index (χ3n) is 3.42. The summed E-state index contributed by atoms with van der Waals surface area (Å²) in [6.45, 7) is 9.46. The molecule has 0 saturated carbocycles. The average molecular weight is 277 g/mol. The maximum Gasteiger partial charge on any atom is 0.307 e. The van der Waals surface area contributed by atoms with Crippen LogP contribution in [0.4, 0.5) is 0 Å². The van der Waals surface area contributed by atoms with Gasteiger partial charge in [0.15, 0.2) is 0 Å². The van der Waals surface area contributed by atoms with Crippen molar-refractivity contribution in [2.24, 2.45) is 5.92 Å². The van der Waals surface area contributed by atoms with Gasteiger partial charge < -0.3 is 10.1 Å². The molecule has 1 N–H and O–H groups in total. The van der Waals surface area contributed by atoms with Crippen LogP contribution in [-0.4, -0.2) is 25.7 Å². The van der Waals surface area contributed by atoms with Gasteiger partial charge in [0, 0.05) is 6.04 Å². The highest BCUT2D eigenvalue weighted by Crippen LogP contribution is 2.14. The van der Waals surface area contributed by atoms with Crippen LogP contribution < -0.4 is 5.32 Å². The first-order chi connectivity index (χ1) is 9.42. The molecule has 3 nitrogen and oxygen atoms in total. The number of hydrogen-bond acceptors (Lipinski definition) is 3. The minimum absolute atomic E-state index is 0.131. The molecule has 3 heteroatoms. The molecule has 0 aromatic heterocycles. The fourth-order valence-corrected chi connectivity index (χ4v) is 2.24. The number of benzene rings is 1. The highest BCUT2D eigenvalue weighted by molar-refractivity contribution is 5.70. The number of rotatable bonds is 7. The molecular formula is C17H27NO2. The highest BCUT2D eigenvalue weighted by atomic mass is 16.5. The zero-order valence-electron chi connectivity index (χ0n) is 13.3. The second kappa shape index (κ2) is 8.05. The molecule has 0 spiro atoms. The summed E-state index contributed by atoms with van der Waals surface area (Å²) in [7, 11) is 1.44. The van der Waals surface area contributed by atoms with E-state index in [1.165, 1.54) is 23.8 Å². The van der Waals surface area contributed by atoms with E-state index in [9.17, 15) is 4.79 Å². The molecular weight excluding hydrogens is 250 g/mol. The molecule has 1 aromatic carbocycles. The molecule has 1 aromatic rings. The second-order valence-electron chi connectivity index (χ2n) is 5.91. The van der Waals surface area contributed by atoms with E-state index in [4.69, 9.17) is 4.74 Å². The molecule has 0 bridgehead atoms. The Hall–Kier alpha value is -1.35. The van der Waals surface area contributed by atoms with E-state index in [1.807, 2.05) is 0 Å². The van der Waals surface area contributed by atoms with E-state index in [0.29, 0.717) is 12.3 Å². The third-order valence-corrected chi connectivity index (χ3v) is 3.42. The van der Waals surface area contributed by atoms with Crippen LogP contribution in [-0.2, 0) is 16.0 Å². The van der Waals surface area contributed by atoms with Gasteiger partial charge in [-0.3, -0.25) is 4.79 Å². The van der Waals surface area contributed by atoms with Crippen LogP contribution in [0.5, 0.6) is 0 Å². The van der Waals surface area contributed by atoms with Crippen molar-refractivity contribution in [2.75, 3.05) is 13.7 Å². The summed E-state index contributed by atoms with van der Waals surface area (Å²) in [4.78, 5) is 11.5. The van der Waals surface area contributed by atoms with Gasteiger partial charge in [-0.25, -0.2) is 0 Å². The van der Waals surface area contributed by atoms with Gasteiger partial charge in [-0.2, -0.15) is 0 Å². The van der Waals surface area contributed by atoms with E-state index in [0.717, 1.165) is 13.0 Å². The second-order valence-corrected chi connectivity index (χ2v) is 5.91. The predicted octanol–water partition coefficient (Wildman–Crippen LogP) is 3.02. The van der Waals surface area contributed by atoms with Gasteiger partial charge in [0.2, 0.25) is 0 Å².